The highest BCUT2D eigenvalue weighted by atomic mass is 35.5. The zero-order valence-electron chi connectivity index (χ0n) is 18.4. The van der Waals surface area contributed by atoms with Crippen LogP contribution in [0.3, 0.4) is 0 Å². The number of carbonyl (C=O) groups excluding carboxylic acids is 2. The van der Waals surface area contributed by atoms with Gasteiger partial charge in [0, 0.05) is 26.6 Å². The van der Waals surface area contributed by atoms with Crippen molar-refractivity contribution >= 4 is 41.1 Å². The van der Waals surface area contributed by atoms with Gasteiger partial charge in [-0.1, -0.05) is 60.1 Å². The summed E-state index contributed by atoms with van der Waals surface area (Å²) in [4.78, 5) is 38.3. The molecule has 0 unspecified atom stereocenters. The smallest absolute Gasteiger partial charge is 0.338 e. The number of ketones is 1. The number of hydrogen-bond acceptors (Lipinski definition) is 5. The molecule has 4 rings (SSSR count). The van der Waals surface area contributed by atoms with Gasteiger partial charge >= 0.3 is 11.9 Å². The van der Waals surface area contributed by atoms with E-state index in [2.05, 4.69) is 0 Å². The van der Waals surface area contributed by atoms with E-state index in [9.17, 15) is 19.5 Å². The van der Waals surface area contributed by atoms with E-state index < -0.39 is 23.8 Å². The summed E-state index contributed by atoms with van der Waals surface area (Å²) in [5, 5.41) is 10.3. The molecule has 1 N–H and O–H groups in total. The summed E-state index contributed by atoms with van der Waals surface area (Å²) < 4.78 is 4.85. The maximum Gasteiger partial charge on any atom is 0.338 e. The molecule has 0 aliphatic heterocycles. The van der Waals surface area contributed by atoms with Gasteiger partial charge in [0.15, 0.2) is 5.78 Å². The number of methoxy groups -OCH3 is 1. The van der Waals surface area contributed by atoms with Crippen LogP contribution >= 0.6 is 23.4 Å². The van der Waals surface area contributed by atoms with Gasteiger partial charge in [-0.25, -0.2) is 4.79 Å². The number of Topliss-reactive ketones (excluding diaryl/α,β-unsaturated/α-hetero) is 1. The van der Waals surface area contributed by atoms with Crippen molar-refractivity contribution in [3.8, 4) is 11.1 Å². The molecule has 5 nitrogen and oxygen atoms in total. The Morgan fingerprint density at radius 2 is 1.53 bits per heavy atom. The number of hydrogen-bond donors (Lipinski definition) is 1. The Morgan fingerprint density at radius 3 is 2.15 bits per heavy atom. The number of esters is 1. The summed E-state index contributed by atoms with van der Waals surface area (Å²) in [6, 6.07) is 21.6. The van der Waals surface area contributed by atoms with Crippen molar-refractivity contribution in [1.82, 2.24) is 0 Å². The number of benzene rings is 3. The molecule has 3 aromatic rings. The highest BCUT2D eigenvalue weighted by Gasteiger charge is 2.45. The molecule has 174 valence electrons. The average Bonchev–Trinajstić information content (AvgIpc) is 3.28. The Balaban J connectivity index is 1.53. The number of carboxylic acids is 1. The SMILES string of the molecule is COC(=O)c1ccccc1S[C@@H]1CC[C@@H](C(=O)c2ccc(-c3ccc(Cl)cc3)cc2)[C@H]1C(=O)O. The molecule has 3 atom stereocenters. The molecule has 7 heteroatoms. The lowest BCUT2D eigenvalue weighted by molar-refractivity contribution is -0.142. The van der Waals surface area contributed by atoms with Crippen LogP contribution in [-0.2, 0) is 9.53 Å². The lowest BCUT2D eigenvalue weighted by Crippen LogP contribution is -2.31. The molecule has 0 radical (unpaired) electrons. The molecule has 0 aromatic heterocycles. The zero-order chi connectivity index (χ0) is 24.2. The van der Waals surface area contributed by atoms with Gasteiger partial charge in [0.05, 0.1) is 18.6 Å². The number of halogens is 1. The molecule has 0 spiro atoms. The Labute approximate surface area is 207 Å². The molecule has 34 heavy (non-hydrogen) atoms. The van der Waals surface area contributed by atoms with Gasteiger partial charge in [0.1, 0.15) is 0 Å². The van der Waals surface area contributed by atoms with Gasteiger partial charge < -0.3 is 9.84 Å². The fourth-order valence-corrected chi connectivity index (χ4v) is 6.01. The quantitative estimate of drug-likeness (QED) is 0.309. The van der Waals surface area contributed by atoms with Crippen LogP contribution in [0.25, 0.3) is 11.1 Å². The Hall–Kier alpha value is -3.09. The number of ether oxygens (including phenoxy) is 1. The van der Waals surface area contributed by atoms with Crippen LogP contribution in [-0.4, -0.2) is 35.2 Å². The second-order valence-electron chi connectivity index (χ2n) is 8.14. The first-order valence-electron chi connectivity index (χ1n) is 10.9. The number of carbonyl (C=O) groups is 3. The van der Waals surface area contributed by atoms with Crippen LogP contribution in [0.2, 0.25) is 5.02 Å². The maximum atomic E-state index is 13.3. The number of thioether (sulfide) groups is 1. The highest BCUT2D eigenvalue weighted by Crippen LogP contribution is 2.44. The second-order valence-corrected chi connectivity index (χ2v) is 9.86. The summed E-state index contributed by atoms with van der Waals surface area (Å²) in [6.07, 6.45) is 1.04. The summed E-state index contributed by atoms with van der Waals surface area (Å²) >= 11 is 7.29. The minimum atomic E-state index is -0.998. The van der Waals surface area contributed by atoms with Crippen LogP contribution in [0.1, 0.15) is 33.6 Å². The lowest BCUT2D eigenvalue weighted by Gasteiger charge is -2.21. The van der Waals surface area contributed by atoms with Gasteiger partial charge in [-0.3, -0.25) is 9.59 Å². The average molecular weight is 495 g/mol. The van der Waals surface area contributed by atoms with Crippen molar-refractivity contribution in [3.63, 3.8) is 0 Å². The molecule has 0 amide bonds. The number of aliphatic carboxylic acids is 1. The van der Waals surface area contributed by atoms with Crippen LogP contribution < -0.4 is 0 Å². The standard InChI is InChI=1S/C27H23ClO5S/c1-33-27(32)20-4-2-3-5-22(20)34-23-15-14-21(24(23)26(30)31)25(29)18-8-6-16(7-9-18)17-10-12-19(28)13-11-17/h2-13,21,23-24H,14-15H2,1H3,(H,30,31)/t21-,23-,24-/m1/s1. The Morgan fingerprint density at radius 1 is 0.912 bits per heavy atom. The Bertz CT molecular complexity index is 1210. The van der Waals surface area contributed by atoms with Crippen molar-refractivity contribution in [3.05, 3.63) is 88.9 Å². The van der Waals surface area contributed by atoms with Crippen molar-refractivity contribution in [2.75, 3.05) is 7.11 Å². The summed E-state index contributed by atoms with van der Waals surface area (Å²) in [6.45, 7) is 0. The molecular weight excluding hydrogens is 472 g/mol. The molecular formula is C27H23ClO5S. The van der Waals surface area contributed by atoms with Crippen LogP contribution in [0.5, 0.6) is 0 Å². The van der Waals surface area contributed by atoms with Gasteiger partial charge in [0.2, 0.25) is 0 Å². The van der Waals surface area contributed by atoms with E-state index in [1.807, 2.05) is 36.4 Å². The van der Waals surface area contributed by atoms with Crippen LogP contribution in [0, 0.1) is 11.8 Å². The molecule has 3 aromatic carbocycles. The van der Waals surface area contributed by atoms with Gasteiger partial charge in [0.25, 0.3) is 0 Å². The molecule has 0 heterocycles. The van der Waals surface area contributed by atoms with Crippen molar-refractivity contribution in [1.29, 1.82) is 0 Å². The first-order chi connectivity index (χ1) is 16.4. The first kappa shape index (κ1) is 24.0. The first-order valence-corrected chi connectivity index (χ1v) is 12.1. The minimum absolute atomic E-state index is 0.167. The summed E-state index contributed by atoms with van der Waals surface area (Å²) in [5.41, 5.74) is 2.82. The largest absolute Gasteiger partial charge is 0.481 e. The van der Waals surface area contributed by atoms with E-state index in [0.717, 1.165) is 11.1 Å². The molecule has 1 aliphatic carbocycles. The second kappa shape index (κ2) is 10.5. The maximum absolute atomic E-state index is 13.3. The molecule has 0 saturated heterocycles. The zero-order valence-corrected chi connectivity index (χ0v) is 20.0. The lowest BCUT2D eigenvalue weighted by atomic mass is 9.88. The summed E-state index contributed by atoms with van der Waals surface area (Å²) in [7, 11) is 1.31. The van der Waals surface area contributed by atoms with E-state index >= 15 is 0 Å². The van der Waals surface area contributed by atoms with Gasteiger partial charge in [-0.05, 0) is 48.2 Å². The fourth-order valence-electron chi connectivity index (χ4n) is 4.41. The minimum Gasteiger partial charge on any atom is -0.481 e. The highest BCUT2D eigenvalue weighted by molar-refractivity contribution is 8.00. The predicted octanol–water partition coefficient (Wildman–Crippen LogP) is 6.25. The van der Waals surface area contributed by atoms with Crippen molar-refractivity contribution in [2.45, 2.75) is 23.0 Å². The number of carboxylic acid groups (broad SMARTS) is 1. The third-order valence-corrected chi connectivity index (χ3v) is 7.83. The van der Waals surface area contributed by atoms with Gasteiger partial charge in [-0.2, -0.15) is 0 Å². The van der Waals surface area contributed by atoms with E-state index in [1.54, 1.807) is 36.4 Å². The third-order valence-electron chi connectivity index (χ3n) is 6.14. The topological polar surface area (TPSA) is 80.7 Å². The summed E-state index contributed by atoms with van der Waals surface area (Å²) in [5.74, 6) is -3.11. The van der Waals surface area contributed by atoms with Crippen LogP contribution in [0.4, 0.5) is 0 Å². The molecule has 0 bridgehead atoms. The Kier molecular flexibility index (Phi) is 7.39. The van der Waals surface area contributed by atoms with E-state index in [4.69, 9.17) is 16.3 Å². The molecule has 1 aliphatic rings. The predicted molar refractivity (Wildman–Crippen MR) is 132 cm³/mol. The van der Waals surface area contributed by atoms with Crippen molar-refractivity contribution in [2.24, 2.45) is 11.8 Å². The number of rotatable bonds is 7. The van der Waals surface area contributed by atoms with E-state index in [1.165, 1.54) is 18.9 Å². The molecule has 1 saturated carbocycles. The van der Waals surface area contributed by atoms with Crippen LogP contribution in [0.15, 0.2) is 77.7 Å². The van der Waals surface area contributed by atoms with Crippen molar-refractivity contribution < 1.29 is 24.2 Å². The van der Waals surface area contributed by atoms with E-state index in [0.29, 0.717) is 33.9 Å². The van der Waals surface area contributed by atoms with Gasteiger partial charge in [-0.15, -0.1) is 11.8 Å². The van der Waals surface area contributed by atoms with E-state index in [-0.39, 0.29) is 11.0 Å². The monoisotopic (exact) mass is 494 g/mol. The molecule has 1 fully saturated rings. The fraction of sp³-hybridized carbons (Fsp3) is 0.222. The normalized spacial score (nSPS) is 19.5. The third kappa shape index (κ3) is 5.03.